The molecule has 0 radical (unpaired) electrons. The van der Waals surface area contributed by atoms with E-state index in [0.717, 1.165) is 5.56 Å². The number of halogens is 1. The van der Waals surface area contributed by atoms with Gasteiger partial charge in [0.05, 0.1) is 11.5 Å². The van der Waals surface area contributed by atoms with E-state index in [1.165, 1.54) is 11.8 Å². The number of amidine groups is 1. The summed E-state index contributed by atoms with van der Waals surface area (Å²) in [6.07, 6.45) is 1.78. The molecule has 1 aromatic carbocycles. The van der Waals surface area contributed by atoms with Crippen LogP contribution in [0.4, 0.5) is 0 Å². The van der Waals surface area contributed by atoms with Crippen LogP contribution in [0.5, 0.6) is 11.5 Å². The second-order valence-electron chi connectivity index (χ2n) is 6.82. The highest BCUT2D eigenvalue weighted by Gasteiger charge is 2.35. The molecule has 1 aromatic rings. The molecule has 9 heteroatoms. The molecule has 0 bridgehead atoms. The second-order valence-corrected chi connectivity index (χ2v) is 8.68. The van der Waals surface area contributed by atoms with Gasteiger partial charge >= 0.3 is 5.97 Å². The Hall–Kier alpha value is -2.00. The SMILES string of the molecule is CCOc1cc(/C=C2/SC(=NC(C)C)N(C(C)C)C2=O)c(Br)cc1OCC(=O)O. The van der Waals surface area contributed by atoms with Crippen LogP contribution in [0.1, 0.15) is 40.2 Å². The molecule has 1 aliphatic rings. The van der Waals surface area contributed by atoms with Crippen molar-refractivity contribution in [1.82, 2.24) is 4.90 Å². The zero-order chi connectivity index (χ0) is 21.7. The third-order valence-electron chi connectivity index (χ3n) is 3.72. The number of carbonyl (C=O) groups excluding carboxylic acids is 1. The van der Waals surface area contributed by atoms with Gasteiger partial charge in [0.15, 0.2) is 23.3 Å². The average molecular weight is 485 g/mol. The number of aliphatic carboxylic acids is 1. The number of aliphatic imine (C=N–C) groups is 1. The summed E-state index contributed by atoms with van der Waals surface area (Å²) in [5, 5.41) is 9.54. The van der Waals surface area contributed by atoms with E-state index in [2.05, 4.69) is 20.9 Å². The number of hydrogen-bond donors (Lipinski definition) is 1. The minimum Gasteiger partial charge on any atom is -0.490 e. The molecule has 2 rings (SSSR count). The topological polar surface area (TPSA) is 88.4 Å². The van der Waals surface area contributed by atoms with Gasteiger partial charge < -0.3 is 14.6 Å². The van der Waals surface area contributed by atoms with Crippen LogP contribution in [0.3, 0.4) is 0 Å². The van der Waals surface area contributed by atoms with Gasteiger partial charge in [-0.05, 0) is 70.2 Å². The molecule has 29 heavy (non-hydrogen) atoms. The first kappa shape index (κ1) is 23.3. The lowest BCUT2D eigenvalue weighted by Crippen LogP contribution is -2.35. The van der Waals surface area contributed by atoms with Gasteiger partial charge in [0, 0.05) is 16.6 Å². The second kappa shape index (κ2) is 10.2. The normalized spacial score (nSPS) is 17.1. The van der Waals surface area contributed by atoms with E-state index < -0.39 is 12.6 Å². The molecule has 1 N–H and O–H groups in total. The average Bonchev–Trinajstić information content (AvgIpc) is 2.91. The predicted molar refractivity (Wildman–Crippen MR) is 119 cm³/mol. The van der Waals surface area contributed by atoms with Gasteiger partial charge in [0.25, 0.3) is 5.91 Å². The van der Waals surface area contributed by atoms with Crippen molar-refractivity contribution >= 4 is 50.8 Å². The number of ether oxygens (including phenoxy) is 2. The van der Waals surface area contributed by atoms with Gasteiger partial charge in [-0.15, -0.1) is 0 Å². The quantitative estimate of drug-likeness (QED) is 0.550. The van der Waals surface area contributed by atoms with Crippen LogP contribution >= 0.6 is 27.7 Å². The third kappa shape index (κ3) is 5.99. The minimum absolute atomic E-state index is 0.00683. The van der Waals surface area contributed by atoms with Gasteiger partial charge in [-0.1, -0.05) is 15.9 Å². The highest BCUT2D eigenvalue weighted by molar-refractivity contribution is 9.10. The summed E-state index contributed by atoms with van der Waals surface area (Å²) >= 11 is 4.82. The number of thioether (sulfide) groups is 1. The summed E-state index contributed by atoms with van der Waals surface area (Å²) < 4.78 is 11.6. The first-order valence-corrected chi connectivity index (χ1v) is 10.9. The van der Waals surface area contributed by atoms with Gasteiger partial charge in [0.2, 0.25) is 0 Å². The number of amides is 1. The molecule has 158 valence electrons. The minimum atomic E-state index is -1.08. The number of nitrogens with zero attached hydrogens (tertiary/aromatic N) is 2. The first-order chi connectivity index (χ1) is 13.6. The molecule has 0 atom stereocenters. The molecule has 1 fully saturated rings. The summed E-state index contributed by atoms with van der Waals surface area (Å²) in [6, 6.07) is 3.44. The molecule has 0 unspecified atom stereocenters. The van der Waals surface area contributed by atoms with E-state index in [9.17, 15) is 9.59 Å². The van der Waals surface area contributed by atoms with E-state index in [-0.39, 0.29) is 18.0 Å². The van der Waals surface area contributed by atoms with E-state index in [1.54, 1.807) is 23.1 Å². The number of carbonyl (C=O) groups is 2. The lowest BCUT2D eigenvalue weighted by Gasteiger charge is -2.20. The van der Waals surface area contributed by atoms with Crippen LogP contribution in [-0.2, 0) is 9.59 Å². The van der Waals surface area contributed by atoms with Crippen LogP contribution in [0.2, 0.25) is 0 Å². The molecule has 1 aliphatic heterocycles. The molecular weight excluding hydrogens is 460 g/mol. The lowest BCUT2D eigenvalue weighted by molar-refractivity contribution is -0.139. The molecule has 0 saturated carbocycles. The Morgan fingerprint density at radius 2 is 1.93 bits per heavy atom. The first-order valence-electron chi connectivity index (χ1n) is 9.25. The fourth-order valence-corrected chi connectivity index (χ4v) is 4.24. The highest BCUT2D eigenvalue weighted by Crippen LogP contribution is 2.39. The van der Waals surface area contributed by atoms with Crippen LogP contribution < -0.4 is 9.47 Å². The number of rotatable bonds is 8. The van der Waals surface area contributed by atoms with E-state index in [4.69, 9.17) is 14.6 Å². The zero-order valence-corrected chi connectivity index (χ0v) is 19.5. The number of carboxylic acids is 1. The van der Waals surface area contributed by atoms with Crippen LogP contribution in [0.25, 0.3) is 6.08 Å². The van der Waals surface area contributed by atoms with Gasteiger partial charge in [-0.2, -0.15) is 0 Å². The van der Waals surface area contributed by atoms with Crippen LogP contribution in [0.15, 0.2) is 26.5 Å². The van der Waals surface area contributed by atoms with E-state index in [1.807, 2.05) is 34.6 Å². The zero-order valence-electron chi connectivity index (χ0n) is 17.1. The van der Waals surface area contributed by atoms with Crippen molar-refractivity contribution in [2.75, 3.05) is 13.2 Å². The Kier molecular flexibility index (Phi) is 8.15. The Balaban J connectivity index is 2.43. The molecular formula is C20H25BrN2O5S. The Morgan fingerprint density at radius 1 is 1.28 bits per heavy atom. The van der Waals surface area contributed by atoms with Crippen molar-refractivity contribution in [2.24, 2.45) is 4.99 Å². The Morgan fingerprint density at radius 3 is 2.48 bits per heavy atom. The Bertz CT molecular complexity index is 852. The summed E-state index contributed by atoms with van der Waals surface area (Å²) in [7, 11) is 0. The van der Waals surface area contributed by atoms with Crippen molar-refractivity contribution in [3.63, 3.8) is 0 Å². The lowest BCUT2D eigenvalue weighted by atomic mass is 10.1. The van der Waals surface area contributed by atoms with Gasteiger partial charge in [-0.25, -0.2) is 4.79 Å². The molecule has 0 aromatic heterocycles. The summed E-state index contributed by atoms with van der Waals surface area (Å²) in [5.74, 6) is -0.440. The molecule has 0 spiro atoms. The Labute approximate surface area is 183 Å². The predicted octanol–water partition coefficient (Wildman–Crippen LogP) is 4.40. The maximum Gasteiger partial charge on any atom is 0.341 e. The van der Waals surface area contributed by atoms with Gasteiger partial charge in [0.1, 0.15) is 0 Å². The molecule has 0 aliphatic carbocycles. The van der Waals surface area contributed by atoms with E-state index >= 15 is 0 Å². The molecule has 1 saturated heterocycles. The van der Waals surface area contributed by atoms with Crippen LogP contribution in [-0.4, -0.2) is 52.3 Å². The van der Waals surface area contributed by atoms with Gasteiger partial charge in [-0.3, -0.25) is 14.7 Å². The number of benzene rings is 1. The fourth-order valence-electron chi connectivity index (χ4n) is 2.58. The number of carboxylic acid groups (broad SMARTS) is 1. The molecule has 1 amide bonds. The smallest absolute Gasteiger partial charge is 0.341 e. The monoisotopic (exact) mass is 484 g/mol. The maximum atomic E-state index is 12.9. The fraction of sp³-hybridized carbons (Fsp3) is 0.450. The summed E-state index contributed by atoms with van der Waals surface area (Å²) in [4.78, 5) is 30.6. The van der Waals surface area contributed by atoms with E-state index in [0.29, 0.717) is 32.7 Å². The molecule has 1 heterocycles. The van der Waals surface area contributed by atoms with Crippen molar-refractivity contribution in [3.8, 4) is 11.5 Å². The van der Waals surface area contributed by atoms with Crippen LogP contribution in [0, 0.1) is 0 Å². The van der Waals surface area contributed by atoms with Crippen molar-refractivity contribution in [3.05, 3.63) is 27.1 Å². The summed E-state index contributed by atoms with van der Waals surface area (Å²) in [5.41, 5.74) is 0.724. The maximum absolute atomic E-state index is 12.9. The third-order valence-corrected chi connectivity index (χ3v) is 5.41. The standard InChI is InChI=1S/C20H25BrN2O5S/c1-6-27-15-7-13(14(21)9-16(15)28-10-18(24)25)8-17-19(26)23(12(4)5)20(29-17)22-11(2)3/h7-9,11-12H,6,10H2,1-5H3,(H,24,25)/b17-8+,22-20?. The largest absolute Gasteiger partial charge is 0.490 e. The van der Waals surface area contributed by atoms with Crippen molar-refractivity contribution < 1.29 is 24.2 Å². The highest BCUT2D eigenvalue weighted by atomic mass is 79.9. The molecule has 7 nitrogen and oxygen atoms in total. The summed E-state index contributed by atoms with van der Waals surface area (Å²) in [6.45, 7) is 9.59. The van der Waals surface area contributed by atoms with Crippen molar-refractivity contribution in [1.29, 1.82) is 0 Å². The van der Waals surface area contributed by atoms with Crippen molar-refractivity contribution in [2.45, 2.75) is 46.7 Å². The number of hydrogen-bond acceptors (Lipinski definition) is 6.